The van der Waals surface area contributed by atoms with Gasteiger partial charge in [0.2, 0.25) is 0 Å². The van der Waals surface area contributed by atoms with E-state index in [0.717, 1.165) is 25.9 Å². The van der Waals surface area contributed by atoms with Crippen molar-refractivity contribution in [1.29, 1.82) is 0 Å². The van der Waals surface area contributed by atoms with Gasteiger partial charge in [-0.25, -0.2) is 0 Å². The van der Waals surface area contributed by atoms with Crippen molar-refractivity contribution in [3.63, 3.8) is 0 Å². The van der Waals surface area contributed by atoms with E-state index in [4.69, 9.17) is 9.47 Å². The quantitative estimate of drug-likeness (QED) is 0.849. The van der Waals surface area contributed by atoms with E-state index in [1.165, 1.54) is 13.5 Å². The van der Waals surface area contributed by atoms with Crippen LogP contribution in [0.2, 0.25) is 0 Å². The maximum absolute atomic E-state index is 12.4. The molecule has 2 amide bonds. The highest BCUT2D eigenvalue weighted by atomic mass is 16.5. The van der Waals surface area contributed by atoms with Crippen LogP contribution in [0.15, 0.2) is 48.5 Å². The SMILES string of the molecule is COc1ccccc1C(=O)Nc1ccc(OCC(=O)N2CCCCC2)cc1. The lowest BCUT2D eigenvalue weighted by molar-refractivity contribution is -0.134. The third-order valence-electron chi connectivity index (χ3n) is 4.53. The molecule has 0 radical (unpaired) electrons. The van der Waals surface area contributed by atoms with E-state index in [0.29, 0.717) is 22.7 Å². The van der Waals surface area contributed by atoms with Gasteiger partial charge in [0.15, 0.2) is 6.61 Å². The molecule has 0 unspecified atom stereocenters. The molecular formula is C21H24N2O4. The van der Waals surface area contributed by atoms with Gasteiger partial charge in [-0.3, -0.25) is 9.59 Å². The van der Waals surface area contributed by atoms with Crippen molar-refractivity contribution >= 4 is 17.5 Å². The number of benzene rings is 2. The molecule has 142 valence electrons. The number of likely N-dealkylation sites (tertiary alicyclic amines) is 1. The molecule has 27 heavy (non-hydrogen) atoms. The summed E-state index contributed by atoms with van der Waals surface area (Å²) in [5, 5.41) is 2.83. The van der Waals surface area contributed by atoms with Crippen molar-refractivity contribution in [1.82, 2.24) is 4.90 Å². The first-order valence-electron chi connectivity index (χ1n) is 9.12. The summed E-state index contributed by atoms with van der Waals surface area (Å²) < 4.78 is 10.8. The molecule has 1 aliphatic heterocycles. The summed E-state index contributed by atoms with van der Waals surface area (Å²) in [6.07, 6.45) is 3.31. The minimum atomic E-state index is -0.249. The second-order valence-electron chi connectivity index (χ2n) is 6.41. The Hall–Kier alpha value is -3.02. The van der Waals surface area contributed by atoms with E-state index in [1.807, 2.05) is 11.0 Å². The smallest absolute Gasteiger partial charge is 0.260 e. The molecule has 6 nitrogen and oxygen atoms in total. The van der Waals surface area contributed by atoms with Crippen LogP contribution in [0.5, 0.6) is 11.5 Å². The summed E-state index contributed by atoms with van der Waals surface area (Å²) in [5.41, 5.74) is 1.10. The fourth-order valence-electron chi connectivity index (χ4n) is 3.04. The van der Waals surface area contributed by atoms with Crippen LogP contribution in [0.3, 0.4) is 0 Å². The first kappa shape index (κ1) is 18.8. The average molecular weight is 368 g/mol. The van der Waals surface area contributed by atoms with Crippen molar-refractivity contribution in [3.05, 3.63) is 54.1 Å². The molecule has 1 fully saturated rings. The Bertz CT molecular complexity index is 783. The van der Waals surface area contributed by atoms with Crippen LogP contribution in [0.25, 0.3) is 0 Å². The normalized spacial score (nSPS) is 13.7. The predicted molar refractivity (Wildman–Crippen MR) is 103 cm³/mol. The second-order valence-corrected chi connectivity index (χ2v) is 6.41. The molecular weight excluding hydrogens is 344 g/mol. The number of carbonyl (C=O) groups is 2. The molecule has 3 rings (SSSR count). The summed E-state index contributed by atoms with van der Waals surface area (Å²) in [4.78, 5) is 26.4. The highest BCUT2D eigenvalue weighted by molar-refractivity contribution is 6.06. The minimum absolute atomic E-state index is 0.0169. The van der Waals surface area contributed by atoms with E-state index >= 15 is 0 Å². The highest BCUT2D eigenvalue weighted by Gasteiger charge is 2.17. The van der Waals surface area contributed by atoms with Gasteiger partial charge < -0.3 is 19.7 Å². The summed E-state index contributed by atoms with van der Waals surface area (Å²) >= 11 is 0. The van der Waals surface area contributed by atoms with Gasteiger partial charge in [0.05, 0.1) is 12.7 Å². The van der Waals surface area contributed by atoms with Gasteiger partial charge in [-0.2, -0.15) is 0 Å². The third kappa shape index (κ3) is 5.00. The zero-order chi connectivity index (χ0) is 19.1. The number of piperidine rings is 1. The first-order valence-corrected chi connectivity index (χ1v) is 9.12. The summed E-state index contributed by atoms with van der Waals surface area (Å²) in [6, 6.07) is 14.0. The van der Waals surface area contributed by atoms with Gasteiger partial charge in [-0.05, 0) is 55.7 Å². The molecule has 0 spiro atoms. The second kappa shape index (κ2) is 9.07. The van der Waals surface area contributed by atoms with Gasteiger partial charge in [0.1, 0.15) is 11.5 Å². The maximum Gasteiger partial charge on any atom is 0.260 e. The van der Waals surface area contributed by atoms with Gasteiger partial charge in [0, 0.05) is 18.8 Å². The molecule has 2 aromatic carbocycles. The summed E-state index contributed by atoms with van der Waals surface area (Å²) in [7, 11) is 1.53. The van der Waals surface area contributed by atoms with Crippen molar-refractivity contribution in [2.24, 2.45) is 0 Å². The van der Waals surface area contributed by atoms with Crippen LogP contribution in [0.1, 0.15) is 29.6 Å². The maximum atomic E-state index is 12.4. The van der Waals surface area contributed by atoms with E-state index < -0.39 is 0 Å². The molecule has 0 saturated carbocycles. The number of methoxy groups -OCH3 is 1. The van der Waals surface area contributed by atoms with Gasteiger partial charge in [-0.1, -0.05) is 12.1 Å². The number of hydrogen-bond acceptors (Lipinski definition) is 4. The Morgan fingerprint density at radius 1 is 1.00 bits per heavy atom. The molecule has 0 aliphatic carbocycles. The first-order chi connectivity index (χ1) is 13.2. The van der Waals surface area contributed by atoms with Gasteiger partial charge in [0.25, 0.3) is 11.8 Å². The number of carbonyl (C=O) groups excluding carboxylic acids is 2. The van der Waals surface area contributed by atoms with Crippen LogP contribution in [-0.2, 0) is 4.79 Å². The fraction of sp³-hybridized carbons (Fsp3) is 0.333. The molecule has 1 saturated heterocycles. The number of nitrogens with one attached hydrogen (secondary N) is 1. The van der Waals surface area contributed by atoms with Crippen LogP contribution in [0.4, 0.5) is 5.69 Å². The predicted octanol–water partition coefficient (Wildman–Crippen LogP) is 3.34. The Morgan fingerprint density at radius 3 is 2.41 bits per heavy atom. The molecule has 1 N–H and O–H groups in total. The molecule has 1 heterocycles. The lowest BCUT2D eigenvalue weighted by Crippen LogP contribution is -2.38. The topological polar surface area (TPSA) is 67.9 Å². The zero-order valence-electron chi connectivity index (χ0n) is 15.4. The van der Waals surface area contributed by atoms with E-state index in [2.05, 4.69) is 5.32 Å². The lowest BCUT2D eigenvalue weighted by Gasteiger charge is -2.26. The number of para-hydroxylation sites is 1. The molecule has 0 atom stereocenters. The molecule has 6 heteroatoms. The summed E-state index contributed by atoms with van der Waals surface area (Å²) in [5.74, 6) is 0.881. The summed E-state index contributed by atoms with van der Waals surface area (Å²) in [6.45, 7) is 1.67. The fourth-order valence-corrected chi connectivity index (χ4v) is 3.04. The van der Waals surface area contributed by atoms with Crippen LogP contribution < -0.4 is 14.8 Å². The third-order valence-corrected chi connectivity index (χ3v) is 4.53. The monoisotopic (exact) mass is 368 g/mol. The van der Waals surface area contributed by atoms with Crippen molar-refractivity contribution in [2.75, 3.05) is 32.1 Å². The zero-order valence-corrected chi connectivity index (χ0v) is 15.4. The average Bonchev–Trinajstić information content (AvgIpc) is 2.73. The minimum Gasteiger partial charge on any atom is -0.496 e. The largest absolute Gasteiger partial charge is 0.496 e. The number of nitrogens with zero attached hydrogens (tertiary/aromatic N) is 1. The molecule has 1 aliphatic rings. The Labute approximate surface area is 159 Å². The number of amides is 2. The van der Waals surface area contributed by atoms with Gasteiger partial charge >= 0.3 is 0 Å². The highest BCUT2D eigenvalue weighted by Crippen LogP contribution is 2.21. The van der Waals surface area contributed by atoms with Crippen LogP contribution in [-0.4, -0.2) is 43.5 Å². The van der Waals surface area contributed by atoms with Gasteiger partial charge in [-0.15, -0.1) is 0 Å². The number of ether oxygens (including phenoxy) is 2. The van der Waals surface area contributed by atoms with Crippen molar-refractivity contribution in [2.45, 2.75) is 19.3 Å². The lowest BCUT2D eigenvalue weighted by atomic mass is 10.1. The van der Waals surface area contributed by atoms with Crippen molar-refractivity contribution in [3.8, 4) is 11.5 Å². The van der Waals surface area contributed by atoms with Crippen LogP contribution >= 0.6 is 0 Å². The number of rotatable bonds is 6. The number of anilines is 1. The van der Waals surface area contributed by atoms with Crippen LogP contribution in [0, 0.1) is 0 Å². The van der Waals surface area contributed by atoms with Crippen molar-refractivity contribution < 1.29 is 19.1 Å². The van der Waals surface area contributed by atoms with E-state index in [9.17, 15) is 9.59 Å². The number of hydrogen-bond donors (Lipinski definition) is 1. The molecule has 0 bridgehead atoms. The molecule has 2 aromatic rings. The molecule has 0 aromatic heterocycles. The standard InChI is InChI=1S/C21H24N2O4/c1-26-19-8-4-3-7-18(19)21(25)22-16-9-11-17(12-10-16)27-15-20(24)23-13-5-2-6-14-23/h3-4,7-12H,2,5-6,13-15H2,1H3,(H,22,25). The Balaban J connectivity index is 1.54. The van der Waals surface area contributed by atoms with E-state index in [-0.39, 0.29) is 18.4 Å². The van der Waals surface area contributed by atoms with E-state index in [1.54, 1.807) is 42.5 Å². The Kier molecular flexibility index (Phi) is 6.30. The Morgan fingerprint density at radius 2 is 1.70 bits per heavy atom.